The van der Waals surface area contributed by atoms with Gasteiger partial charge in [-0.3, -0.25) is 29.0 Å². The fourth-order valence-corrected chi connectivity index (χ4v) is 8.62. The van der Waals surface area contributed by atoms with Crippen molar-refractivity contribution in [1.29, 1.82) is 0 Å². The molecule has 3 aromatic carbocycles. The lowest BCUT2D eigenvalue weighted by molar-refractivity contribution is -0.138. The third kappa shape index (κ3) is 3.28. The van der Waals surface area contributed by atoms with Gasteiger partial charge in [-0.25, -0.2) is 0 Å². The number of hydrogen-bond acceptors (Lipinski definition) is 5. The first kappa shape index (κ1) is 26.5. The molecule has 41 heavy (non-hydrogen) atoms. The van der Waals surface area contributed by atoms with Gasteiger partial charge in [0.1, 0.15) is 5.75 Å². The van der Waals surface area contributed by atoms with Crippen molar-refractivity contribution in [3.05, 3.63) is 82.9 Å². The van der Waals surface area contributed by atoms with Crippen molar-refractivity contribution in [1.82, 2.24) is 4.90 Å². The number of alkyl halides is 2. The second-order valence-corrected chi connectivity index (χ2v) is 12.9. The lowest BCUT2D eigenvalue weighted by Crippen LogP contribution is -2.60. The fourth-order valence-electron chi connectivity index (χ4n) is 7.49. The molecule has 3 aromatic rings. The molecule has 1 N–H and O–H groups in total. The van der Waals surface area contributed by atoms with Gasteiger partial charge in [0, 0.05) is 23.6 Å². The van der Waals surface area contributed by atoms with Gasteiger partial charge in [-0.2, -0.15) is 0 Å². The maximum Gasteiger partial charge on any atom is 0.253 e. The summed E-state index contributed by atoms with van der Waals surface area (Å²) in [4.78, 5) is 53.4. The standard InChI is InChI=1S/C31H23Cl3N2O5/c1-35-28(40)30(33)14-21-19(11-12-20-23(21)27(39)36(26(20)38)17-9-7-16(32)8-10-17)25(31(30,34)29(35)41)24-18-5-3-2-4-15(18)6-13-22(24)37/h2-11,13,20-21,23,25,37H,12,14H2,1H3. The second-order valence-electron chi connectivity index (χ2n) is 11.2. The van der Waals surface area contributed by atoms with Crippen LogP contribution in [0.3, 0.4) is 0 Å². The molecule has 4 aliphatic rings. The molecule has 2 heterocycles. The van der Waals surface area contributed by atoms with E-state index in [1.54, 1.807) is 30.3 Å². The SMILES string of the molecule is CN1C(=O)C2(Cl)CC3C(=CCC4C(=O)N(c5ccc(Cl)cc5)C(=O)C43)C(c3c(O)ccc4ccccc34)C2(Cl)C1=O. The highest BCUT2D eigenvalue weighted by Gasteiger charge is 2.76. The first-order valence-corrected chi connectivity index (χ1v) is 14.4. The molecule has 10 heteroatoms. The summed E-state index contributed by atoms with van der Waals surface area (Å²) in [6.45, 7) is 0. The Bertz CT molecular complexity index is 1740. The van der Waals surface area contributed by atoms with E-state index in [1.165, 1.54) is 18.0 Å². The minimum absolute atomic E-state index is 0.108. The van der Waals surface area contributed by atoms with E-state index in [4.69, 9.17) is 34.8 Å². The van der Waals surface area contributed by atoms with Gasteiger partial charge in [-0.05, 0) is 59.9 Å². The van der Waals surface area contributed by atoms with E-state index in [2.05, 4.69) is 0 Å². The number of likely N-dealkylation sites (tertiary alicyclic amines) is 1. The van der Waals surface area contributed by atoms with Crippen LogP contribution in [-0.4, -0.2) is 50.4 Å². The lowest BCUT2D eigenvalue weighted by atomic mass is 9.56. The first-order chi connectivity index (χ1) is 19.5. The van der Waals surface area contributed by atoms with Crippen molar-refractivity contribution in [3.8, 4) is 5.75 Å². The molecule has 7 nitrogen and oxygen atoms in total. The number of aromatic hydroxyl groups is 1. The molecule has 0 radical (unpaired) electrons. The number of hydrogen-bond donors (Lipinski definition) is 1. The number of fused-ring (bicyclic) bond motifs is 5. The Balaban J connectivity index is 1.45. The van der Waals surface area contributed by atoms with Crippen LogP contribution in [0, 0.1) is 17.8 Å². The van der Waals surface area contributed by atoms with Gasteiger partial charge >= 0.3 is 0 Å². The Morgan fingerprint density at radius 2 is 1.59 bits per heavy atom. The summed E-state index contributed by atoms with van der Waals surface area (Å²) in [5.74, 6) is -5.44. The Morgan fingerprint density at radius 1 is 0.878 bits per heavy atom. The summed E-state index contributed by atoms with van der Waals surface area (Å²) in [7, 11) is 1.34. The minimum atomic E-state index is -1.97. The van der Waals surface area contributed by atoms with Crippen molar-refractivity contribution < 1.29 is 24.3 Å². The van der Waals surface area contributed by atoms with Crippen LogP contribution < -0.4 is 4.90 Å². The Hall–Kier alpha value is -3.39. The van der Waals surface area contributed by atoms with E-state index in [1.807, 2.05) is 30.3 Å². The molecular weight excluding hydrogens is 587 g/mol. The monoisotopic (exact) mass is 608 g/mol. The number of carbonyl (C=O) groups is 4. The van der Waals surface area contributed by atoms with E-state index in [0.29, 0.717) is 27.2 Å². The van der Waals surface area contributed by atoms with Gasteiger partial charge in [-0.1, -0.05) is 53.6 Å². The molecular formula is C31H23Cl3N2O5. The molecule has 2 saturated heterocycles. The largest absolute Gasteiger partial charge is 0.508 e. The third-order valence-corrected chi connectivity index (χ3v) is 11.0. The number of amides is 4. The van der Waals surface area contributed by atoms with Gasteiger partial charge in [0.05, 0.1) is 17.5 Å². The van der Waals surface area contributed by atoms with Gasteiger partial charge in [0.15, 0.2) is 9.75 Å². The summed E-state index contributed by atoms with van der Waals surface area (Å²) in [6.07, 6.45) is 1.97. The molecule has 0 spiro atoms. The van der Waals surface area contributed by atoms with Crippen molar-refractivity contribution >= 4 is 74.9 Å². The zero-order chi connectivity index (χ0) is 29.0. The number of anilines is 1. The zero-order valence-corrected chi connectivity index (χ0v) is 24.0. The molecule has 1 saturated carbocycles. The first-order valence-electron chi connectivity index (χ1n) is 13.2. The van der Waals surface area contributed by atoms with Gasteiger partial charge in [-0.15, -0.1) is 23.2 Å². The number of allylic oxidation sites excluding steroid dienone is 2. The lowest BCUT2D eigenvalue weighted by Gasteiger charge is -2.51. The molecule has 2 aliphatic carbocycles. The summed E-state index contributed by atoms with van der Waals surface area (Å²) >= 11 is 20.6. The molecule has 0 aromatic heterocycles. The van der Waals surface area contributed by atoms with Crippen LogP contribution in [0.5, 0.6) is 5.75 Å². The highest BCUT2D eigenvalue weighted by atomic mass is 35.5. The molecule has 7 rings (SSSR count). The highest BCUT2D eigenvalue weighted by Crippen LogP contribution is 2.66. The predicted molar refractivity (Wildman–Crippen MR) is 155 cm³/mol. The average molecular weight is 610 g/mol. The second kappa shape index (κ2) is 8.81. The van der Waals surface area contributed by atoms with Crippen LogP contribution >= 0.6 is 34.8 Å². The van der Waals surface area contributed by atoms with E-state index in [-0.39, 0.29) is 24.5 Å². The number of phenolic OH excluding ortho intramolecular Hbond substituents is 1. The minimum Gasteiger partial charge on any atom is -0.508 e. The molecule has 6 atom stereocenters. The van der Waals surface area contributed by atoms with Crippen LogP contribution in [0.4, 0.5) is 5.69 Å². The van der Waals surface area contributed by atoms with Crippen LogP contribution in [0.1, 0.15) is 24.3 Å². The topological polar surface area (TPSA) is 95.0 Å². The van der Waals surface area contributed by atoms with Crippen molar-refractivity contribution in [2.24, 2.45) is 17.8 Å². The average Bonchev–Trinajstić information content (AvgIpc) is 3.29. The normalized spacial score (nSPS) is 32.7. The number of nitrogens with zero attached hydrogens (tertiary/aromatic N) is 2. The zero-order valence-electron chi connectivity index (χ0n) is 21.7. The predicted octanol–water partition coefficient (Wildman–Crippen LogP) is 5.39. The molecule has 4 amide bonds. The van der Waals surface area contributed by atoms with Crippen LogP contribution in [0.15, 0.2) is 72.3 Å². The quantitative estimate of drug-likeness (QED) is 0.239. The number of phenols is 1. The number of carbonyl (C=O) groups excluding carboxylic acids is 4. The summed E-state index contributed by atoms with van der Waals surface area (Å²) in [6, 6.07) is 17.1. The highest BCUT2D eigenvalue weighted by molar-refractivity contribution is 6.53. The van der Waals surface area contributed by atoms with Crippen LogP contribution in [0.2, 0.25) is 5.02 Å². The van der Waals surface area contributed by atoms with Gasteiger partial charge in [0.2, 0.25) is 11.8 Å². The van der Waals surface area contributed by atoms with Gasteiger partial charge in [0.25, 0.3) is 11.8 Å². The van der Waals surface area contributed by atoms with Crippen LogP contribution in [-0.2, 0) is 19.2 Å². The molecule has 0 bridgehead atoms. The number of benzene rings is 3. The van der Waals surface area contributed by atoms with Crippen LogP contribution in [0.25, 0.3) is 10.8 Å². The summed E-state index contributed by atoms with van der Waals surface area (Å²) < 4.78 is 0. The molecule has 6 unspecified atom stereocenters. The smallest absolute Gasteiger partial charge is 0.253 e. The molecule has 208 valence electrons. The third-order valence-electron chi connectivity index (χ3n) is 9.34. The summed E-state index contributed by atoms with van der Waals surface area (Å²) in [5, 5.41) is 13.2. The maximum atomic E-state index is 14.1. The fraction of sp³-hybridized carbons (Fsp3) is 0.290. The summed E-state index contributed by atoms with van der Waals surface area (Å²) in [5.41, 5.74) is 1.39. The Morgan fingerprint density at radius 3 is 2.32 bits per heavy atom. The van der Waals surface area contributed by atoms with Gasteiger partial charge < -0.3 is 5.11 Å². The Kier molecular flexibility index (Phi) is 5.69. The van der Waals surface area contributed by atoms with E-state index in [9.17, 15) is 24.3 Å². The van der Waals surface area contributed by atoms with E-state index in [0.717, 1.165) is 10.3 Å². The number of rotatable bonds is 2. The molecule has 2 aliphatic heterocycles. The maximum absolute atomic E-state index is 14.1. The Labute approximate surface area is 250 Å². The number of halogens is 3. The van der Waals surface area contributed by atoms with E-state index < -0.39 is 51.1 Å². The number of imide groups is 2. The van der Waals surface area contributed by atoms with Crippen molar-refractivity contribution in [3.63, 3.8) is 0 Å². The van der Waals surface area contributed by atoms with Crippen molar-refractivity contribution in [2.75, 3.05) is 11.9 Å². The van der Waals surface area contributed by atoms with Crippen molar-refractivity contribution in [2.45, 2.75) is 28.5 Å². The van der Waals surface area contributed by atoms with E-state index >= 15 is 0 Å². The molecule has 3 fully saturated rings.